The van der Waals surface area contributed by atoms with E-state index < -0.39 is 0 Å². The number of rotatable bonds is 5. The van der Waals surface area contributed by atoms with Gasteiger partial charge in [0.15, 0.2) is 0 Å². The summed E-state index contributed by atoms with van der Waals surface area (Å²) < 4.78 is 0. The fourth-order valence-corrected chi connectivity index (χ4v) is 3.27. The van der Waals surface area contributed by atoms with Crippen LogP contribution in [-0.4, -0.2) is 23.2 Å². The molecule has 1 aliphatic rings. The van der Waals surface area contributed by atoms with Gasteiger partial charge in [0, 0.05) is 12.1 Å². The summed E-state index contributed by atoms with van der Waals surface area (Å²) in [5.74, 6) is 1.59. The summed E-state index contributed by atoms with van der Waals surface area (Å²) in [6.45, 7) is 2.26. The van der Waals surface area contributed by atoms with Crippen LogP contribution in [0.2, 0.25) is 0 Å². The molecule has 0 saturated carbocycles. The van der Waals surface area contributed by atoms with Gasteiger partial charge in [0.2, 0.25) is 0 Å². The van der Waals surface area contributed by atoms with Gasteiger partial charge in [-0.2, -0.15) is 11.8 Å². The first-order valence-corrected chi connectivity index (χ1v) is 8.17. The largest absolute Gasteiger partial charge is 0.508 e. The van der Waals surface area contributed by atoms with Crippen molar-refractivity contribution < 1.29 is 5.11 Å². The smallest absolute Gasteiger partial charge is 0.115 e. The Morgan fingerprint density at radius 2 is 2.33 bits per heavy atom. The minimum Gasteiger partial charge on any atom is -0.508 e. The fraction of sp³-hybridized carbons (Fsp3) is 0.600. The molecule has 0 heterocycles. The zero-order chi connectivity index (χ0) is 13.0. The highest BCUT2D eigenvalue weighted by molar-refractivity contribution is 7.98. The van der Waals surface area contributed by atoms with Crippen LogP contribution in [0, 0.1) is 0 Å². The lowest BCUT2D eigenvalue weighted by Crippen LogP contribution is -2.33. The van der Waals surface area contributed by atoms with Gasteiger partial charge in [-0.3, -0.25) is 0 Å². The van der Waals surface area contributed by atoms with Crippen molar-refractivity contribution >= 4 is 11.8 Å². The molecule has 100 valence electrons. The van der Waals surface area contributed by atoms with Gasteiger partial charge in [-0.25, -0.2) is 0 Å². The molecule has 0 amide bonds. The number of hydrogen-bond donors (Lipinski definition) is 2. The number of benzene rings is 1. The van der Waals surface area contributed by atoms with Gasteiger partial charge in [-0.05, 0) is 67.9 Å². The van der Waals surface area contributed by atoms with Gasteiger partial charge < -0.3 is 10.4 Å². The van der Waals surface area contributed by atoms with Crippen LogP contribution in [0.15, 0.2) is 18.2 Å². The molecule has 2 unspecified atom stereocenters. The molecular formula is C15H23NOS. The first kappa shape index (κ1) is 13.8. The minimum atomic E-state index is 0.388. The summed E-state index contributed by atoms with van der Waals surface area (Å²) in [6.07, 6.45) is 6.92. The van der Waals surface area contributed by atoms with Crippen molar-refractivity contribution in [2.45, 2.75) is 44.7 Å². The first-order chi connectivity index (χ1) is 8.70. The Kier molecular flexibility index (Phi) is 4.95. The Balaban J connectivity index is 2.05. The van der Waals surface area contributed by atoms with Crippen LogP contribution in [-0.2, 0) is 6.42 Å². The number of aromatic hydroxyl groups is 1. The van der Waals surface area contributed by atoms with E-state index in [2.05, 4.69) is 24.6 Å². The maximum absolute atomic E-state index is 9.65. The monoisotopic (exact) mass is 265 g/mol. The fourth-order valence-electron chi connectivity index (χ4n) is 2.68. The molecule has 2 nitrogen and oxygen atoms in total. The summed E-state index contributed by atoms with van der Waals surface area (Å²) in [6, 6.07) is 6.77. The van der Waals surface area contributed by atoms with Crippen LogP contribution in [0.25, 0.3) is 0 Å². The molecule has 18 heavy (non-hydrogen) atoms. The van der Waals surface area contributed by atoms with E-state index in [0.29, 0.717) is 17.8 Å². The third-order valence-electron chi connectivity index (χ3n) is 3.68. The van der Waals surface area contributed by atoms with E-state index in [9.17, 15) is 5.11 Å². The van der Waals surface area contributed by atoms with Crippen molar-refractivity contribution in [3.8, 4) is 5.75 Å². The van der Waals surface area contributed by atoms with Gasteiger partial charge in [0.1, 0.15) is 5.75 Å². The molecule has 0 spiro atoms. The highest BCUT2D eigenvalue weighted by Gasteiger charge is 2.21. The SMILES string of the molecule is CSCCC(C)NC1CCCc2ccc(O)cc21. The molecule has 2 atom stereocenters. The zero-order valence-corrected chi connectivity index (χ0v) is 12.1. The number of phenols is 1. The van der Waals surface area contributed by atoms with Gasteiger partial charge >= 0.3 is 0 Å². The molecule has 0 aliphatic heterocycles. The molecule has 1 aromatic carbocycles. The van der Waals surface area contributed by atoms with E-state index in [1.165, 1.54) is 36.1 Å². The Bertz CT molecular complexity index is 394. The summed E-state index contributed by atoms with van der Waals surface area (Å²) in [4.78, 5) is 0. The van der Waals surface area contributed by atoms with E-state index in [1.54, 1.807) is 6.07 Å². The van der Waals surface area contributed by atoms with E-state index in [-0.39, 0.29) is 0 Å². The van der Waals surface area contributed by atoms with Gasteiger partial charge in [0.05, 0.1) is 0 Å². The maximum atomic E-state index is 9.65. The predicted octanol–water partition coefficient (Wildman–Crippen LogP) is 3.50. The van der Waals surface area contributed by atoms with E-state index in [1.807, 2.05) is 17.8 Å². The van der Waals surface area contributed by atoms with Crippen LogP contribution in [0.5, 0.6) is 5.75 Å². The maximum Gasteiger partial charge on any atom is 0.115 e. The molecule has 1 aromatic rings. The quantitative estimate of drug-likeness (QED) is 0.854. The number of nitrogens with one attached hydrogen (secondary N) is 1. The molecule has 3 heteroatoms. The number of aryl methyl sites for hydroxylation is 1. The molecule has 0 radical (unpaired) electrons. The summed E-state index contributed by atoms with van der Waals surface area (Å²) in [5, 5.41) is 13.4. The highest BCUT2D eigenvalue weighted by Crippen LogP contribution is 2.32. The summed E-state index contributed by atoms with van der Waals surface area (Å²) in [5.41, 5.74) is 2.70. The molecule has 2 N–H and O–H groups in total. The van der Waals surface area contributed by atoms with E-state index >= 15 is 0 Å². The summed E-state index contributed by atoms with van der Waals surface area (Å²) in [7, 11) is 0. The van der Waals surface area contributed by atoms with Crippen molar-refractivity contribution in [1.82, 2.24) is 5.32 Å². The van der Waals surface area contributed by atoms with Crippen molar-refractivity contribution in [2.75, 3.05) is 12.0 Å². The second kappa shape index (κ2) is 6.48. The third kappa shape index (κ3) is 3.42. The average molecular weight is 265 g/mol. The molecule has 2 rings (SSSR count). The Labute approximate surface area is 114 Å². The van der Waals surface area contributed by atoms with Crippen LogP contribution < -0.4 is 5.32 Å². The predicted molar refractivity (Wildman–Crippen MR) is 79.4 cm³/mol. The zero-order valence-electron chi connectivity index (χ0n) is 11.3. The molecule has 0 bridgehead atoms. The normalized spacial score (nSPS) is 20.4. The topological polar surface area (TPSA) is 32.3 Å². The number of phenolic OH excluding ortho intramolecular Hbond substituents is 1. The number of thioether (sulfide) groups is 1. The van der Waals surface area contributed by atoms with Crippen molar-refractivity contribution in [2.24, 2.45) is 0 Å². The van der Waals surface area contributed by atoms with Gasteiger partial charge in [0.25, 0.3) is 0 Å². The van der Waals surface area contributed by atoms with Gasteiger partial charge in [-0.1, -0.05) is 6.07 Å². The van der Waals surface area contributed by atoms with Crippen molar-refractivity contribution in [3.05, 3.63) is 29.3 Å². The minimum absolute atomic E-state index is 0.388. The van der Waals surface area contributed by atoms with Crippen molar-refractivity contribution in [1.29, 1.82) is 0 Å². The van der Waals surface area contributed by atoms with Crippen LogP contribution in [0.1, 0.15) is 43.4 Å². The standard InChI is InChI=1S/C15H23NOS/c1-11(8-9-18-2)16-15-5-3-4-12-6-7-13(17)10-14(12)15/h6-7,10-11,15-17H,3-5,8-9H2,1-2H3. The number of fused-ring (bicyclic) bond motifs is 1. The van der Waals surface area contributed by atoms with Gasteiger partial charge in [-0.15, -0.1) is 0 Å². The Morgan fingerprint density at radius 3 is 3.11 bits per heavy atom. The lowest BCUT2D eigenvalue weighted by atomic mass is 9.87. The lowest BCUT2D eigenvalue weighted by molar-refractivity contribution is 0.400. The molecule has 0 fully saturated rings. The second-order valence-electron chi connectivity index (χ2n) is 5.18. The van der Waals surface area contributed by atoms with E-state index in [0.717, 1.165) is 6.42 Å². The Morgan fingerprint density at radius 1 is 1.50 bits per heavy atom. The molecule has 1 aliphatic carbocycles. The average Bonchev–Trinajstić information content (AvgIpc) is 2.37. The van der Waals surface area contributed by atoms with Crippen LogP contribution in [0.4, 0.5) is 0 Å². The molecule has 0 saturated heterocycles. The highest BCUT2D eigenvalue weighted by atomic mass is 32.2. The lowest BCUT2D eigenvalue weighted by Gasteiger charge is -2.29. The van der Waals surface area contributed by atoms with Crippen molar-refractivity contribution in [3.63, 3.8) is 0 Å². The van der Waals surface area contributed by atoms with E-state index in [4.69, 9.17) is 0 Å². The number of hydrogen-bond acceptors (Lipinski definition) is 3. The van der Waals surface area contributed by atoms with Crippen LogP contribution >= 0.6 is 11.8 Å². The first-order valence-electron chi connectivity index (χ1n) is 6.77. The Hall–Kier alpha value is -0.670. The second-order valence-corrected chi connectivity index (χ2v) is 6.16. The molecule has 0 aromatic heterocycles. The molecular weight excluding hydrogens is 242 g/mol. The third-order valence-corrected chi connectivity index (χ3v) is 4.33. The van der Waals surface area contributed by atoms with Crippen LogP contribution in [0.3, 0.4) is 0 Å². The summed E-state index contributed by atoms with van der Waals surface area (Å²) >= 11 is 1.90.